The van der Waals surface area contributed by atoms with Crippen LogP contribution in [0.4, 0.5) is 18.9 Å². The van der Waals surface area contributed by atoms with E-state index in [2.05, 4.69) is 4.98 Å². The summed E-state index contributed by atoms with van der Waals surface area (Å²) in [5.74, 6) is -0.871. The van der Waals surface area contributed by atoms with Crippen molar-refractivity contribution in [1.29, 1.82) is 0 Å². The first-order chi connectivity index (χ1) is 8.45. The Labute approximate surface area is 102 Å². The van der Waals surface area contributed by atoms with Gasteiger partial charge in [0.1, 0.15) is 5.52 Å². The summed E-state index contributed by atoms with van der Waals surface area (Å²) < 4.78 is 40.0. The van der Waals surface area contributed by atoms with E-state index in [9.17, 15) is 13.2 Å². The highest BCUT2D eigenvalue weighted by molar-refractivity contribution is 5.87. The molecule has 98 valence electrons. The predicted octanol–water partition coefficient (Wildman–Crippen LogP) is 3.44. The van der Waals surface area contributed by atoms with E-state index in [-0.39, 0.29) is 11.2 Å². The molecule has 0 unspecified atom stereocenters. The highest BCUT2D eigenvalue weighted by Crippen LogP contribution is 2.33. The van der Waals surface area contributed by atoms with E-state index in [1.807, 2.05) is 6.92 Å². The first-order valence-corrected chi connectivity index (χ1v) is 5.77. The number of nitrogens with zero attached hydrogens (tertiary/aromatic N) is 2. The summed E-state index contributed by atoms with van der Waals surface area (Å²) in [4.78, 5) is 3.65. The molecule has 18 heavy (non-hydrogen) atoms. The molecule has 2 N–H and O–H groups in total. The van der Waals surface area contributed by atoms with Gasteiger partial charge in [0.2, 0.25) is 5.82 Å². The van der Waals surface area contributed by atoms with Crippen molar-refractivity contribution >= 4 is 16.7 Å². The fourth-order valence-corrected chi connectivity index (χ4v) is 1.93. The summed E-state index contributed by atoms with van der Waals surface area (Å²) in [6.07, 6.45) is -2.97. The number of rotatable bonds is 3. The Bertz CT molecular complexity index is 557. The van der Waals surface area contributed by atoms with Crippen LogP contribution < -0.4 is 5.73 Å². The molecule has 1 heterocycles. The van der Waals surface area contributed by atoms with Gasteiger partial charge in [0.05, 0.1) is 11.2 Å². The van der Waals surface area contributed by atoms with Crippen molar-refractivity contribution in [2.24, 2.45) is 0 Å². The number of hydrogen-bond donors (Lipinski definition) is 1. The lowest BCUT2D eigenvalue weighted by atomic mass is 10.2. The summed E-state index contributed by atoms with van der Waals surface area (Å²) in [5, 5.41) is 0. The third-order valence-electron chi connectivity index (χ3n) is 2.80. The molecule has 0 aliphatic carbocycles. The van der Waals surface area contributed by atoms with E-state index in [0.717, 1.165) is 6.42 Å². The average Bonchev–Trinajstić information content (AvgIpc) is 2.66. The topological polar surface area (TPSA) is 43.8 Å². The number of para-hydroxylation sites is 1. The zero-order chi connectivity index (χ0) is 13.3. The van der Waals surface area contributed by atoms with Crippen LogP contribution in [0.5, 0.6) is 0 Å². The van der Waals surface area contributed by atoms with Crippen LogP contribution in [-0.2, 0) is 12.7 Å². The number of fused-ring (bicyclic) bond motifs is 1. The van der Waals surface area contributed by atoms with Crippen molar-refractivity contribution in [3.63, 3.8) is 0 Å². The number of imidazole rings is 1. The fraction of sp³-hybridized carbons (Fsp3) is 0.417. The molecule has 0 saturated heterocycles. The minimum atomic E-state index is -4.46. The standard InChI is InChI=1S/C12H14F3N3/c1-2-3-7-18-9-6-4-5-8(16)10(9)17-11(18)12(13,14)15/h4-6H,2-3,7,16H2,1H3. The van der Waals surface area contributed by atoms with E-state index < -0.39 is 12.0 Å². The molecule has 0 aliphatic rings. The van der Waals surface area contributed by atoms with E-state index in [1.165, 1.54) is 4.57 Å². The third-order valence-corrected chi connectivity index (χ3v) is 2.80. The van der Waals surface area contributed by atoms with Crippen molar-refractivity contribution in [1.82, 2.24) is 9.55 Å². The molecule has 0 bridgehead atoms. The maximum Gasteiger partial charge on any atom is 0.449 e. The van der Waals surface area contributed by atoms with Gasteiger partial charge in [0.15, 0.2) is 0 Å². The molecule has 1 aromatic carbocycles. The number of anilines is 1. The minimum Gasteiger partial charge on any atom is -0.397 e. The second-order valence-electron chi connectivity index (χ2n) is 4.15. The van der Waals surface area contributed by atoms with E-state index in [4.69, 9.17) is 5.73 Å². The molecule has 0 aliphatic heterocycles. The summed E-state index contributed by atoms with van der Waals surface area (Å²) >= 11 is 0. The number of nitrogens with two attached hydrogens (primary N) is 1. The van der Waals surface area contributed by atoms with Crippen LogP contribution in [0.3, 0.4) is 0 Å². The van der Waals surface area contributed by atoms with Crippen molar-refractivity contribution in [2.45, 2.75) is 32.5 Å². The molecule has 3 nitrogen and oxygen atoms in total. The predicted molar refractivity (Wildman–Crippen MR) is 64.1 cm³/mol. The van der Waals surface area contributed by atoms with Crippen LogP contribution in [0.25, 0.3) is 11.0 Å². The summed E-state index contributed by atoms with van der Waals surface area (Å²) in [7, 11) is 0. The van der Waals surface area contributed by atoms with Gasteiger partial charge >= 0.3 is 6.18 Å². The monoisotopic (exact) mass is 257 g/mol. The maximum atomic E-state index is 12.9. The normalized spacial score (nSPS) is 12.2. The van der Waals surface area contributed by atoms with Crippen molar-refractivity contribution in [3.8, 4) is 0 Å². The van der Waals surface area contributed by atoms with E-state index in [1.54, 1.807) is 18.2 Å². The third kappa shape index (κ3) is 2.14. The van der Waals surface area contributed by atoms with Gasteiger partial charge in [-0.2, -0.15) is 13.2 Å². The Balaban J connectivity index is 2.65. The van der Waals surface area contributed by atoms with Gasteiger partial charge in [0, 0.05) is 6.54 Å². The highest BCUT2D eigenvalue weighted by atomic mass is 19.4. The molecule has 0 fully saturated rings. The maximum absolute atomic E-state index is 12.9. The fourth-order valence-electron chi connectivity index (χ4n) is 1.93. The minimum absolute atomic E-state index is 0.223. The van der Waals surface area contributed by atoms with Crippen LogP contribution in [0.1, 0.15) is 25.6 Å². The Morgan fingerprint density at radius 1 is 1.33 bits per heavy atom. The molecule has 6 heteroatoms. The molecule has 2 rings (SSSR count). The smallest absolute Gasteiger partial charge is 0.397 e. The number of aryl methyl sites for hydroxylation is 1. The zero-order valence-corrected chi connectivity index (χ0v) is 9.96. The second-order valence-corrected chi connectivity index (χ2v) is 4.15. The molecule has 0 radical (unpaired) electrons. The van der Waals surface area contributed by atoms with Gasteiger partial charge in [0.25, 0.3) is 0 Å². The number of hydrogen-bond acceptors (Lipinski definition) is 2. The number of halogens is 3. The summed E-state index contributed by atoms with van der Waals surface area (Å²) in [5.41, 5.74) is 6.60. The molecule has 0 saturated carbocycles. The van der Waals surface area contributed by atoms with Crippen LogP contribution in [-0.4, -0.2) is 9.55 Å². The molecular formula is C12H14F3N3. The Hall–Kier alpha value is -1.72. The first kappa shape index (κ1) is 12.7. The van der Waals surface area contributed by atoms with Crippen LogP contribution >= 0.6 is 0 Å². The van der Waals surface area contributed by atoms with Gasteiger partial charge in [-0.3, -0.25) is 0 Å². The summed E-state index contributed by atoms with van der Waals surface area (Å²) in [6, 6.07) is 4.81. The van der Waals surface area contributed by atoms with Gasteiger partial charge in [-0.05, 0) is 18.6 Å². The lowest BCUT2D eigenvalue weighted by Gasteiger charge is -2.10. The molecule has 0 atom stereocenters. The number of alkyl halides is 3. The van der Waals surface area contributed by atoms with Gasteiger partial charge < -0.3 is 10.3 Å². The lowest BCUT2D eigenvalue weighted by molar-refractivity contribution is -0.146. The lowest BCUT2D eigenvalue weighted by Crippen LogP contribution is -2.15. The van der Waals surface area contributed by atoms with Crippen molar-refractivity contribution in [2.75, 3.05) is 5.73 Å². The highest BCUT2D eigenvalue weighted by Gasteiger charge is 2.37. The Morgan fingerprint density at radius 3 is 2.67 bits per heavy atom. The number of nitrogen functional groups attached to an aromatic ring is 1. The largest absolute Gasteiger partial charge is 0.449 e. The van der Waals surface area contributed by atoms with Crippen molar-refractivity contribution < 1.29 is 13.2 Å². The van der Waals surface area contributed by atoms with Gasteiger partial charge in [-0.25, -0.2) is 4.98 Å². The van der Waals surface area contributed by atoms with Gasteiger partial charge in [-0.1, -0.05) is 19.4 Å². The molecule has 1 aromatic heterocycles. The SMILES string of the molecule is CCCCn1c(C(F)(F)F)nc2c(N)cccc21. The number of unbranched alkanes of at least 4 members (excludes halogenated alkanes) is 1. The van der Waals surface area contributed by atoms with E-state index >= 15 is 0 Å². The van der Waals surface area contributed by atoms with E-state index in [0.29, 0.717) is 18.5 Å². The van der Waals surface area contributed by atoms with Gasteiger partial charge in [-0.15, -0.1) is 0 Å². The van der Waals surface area contributed by atoms with Crippen LogP contribution in [0.15, 0.2) is 18.2 Å². The second kappa shape index (κ2) is 4.51. The molecule has 0 amide bonds. The average molecular weight is 257 g/mol. The Kier molecular flexibility index (Phi) is 3.19. The van der Waals surface area contributed by atoms with Crippen LogP contribution in [0, 0.1) is 0 Å². The molecule has 0 spiro atoms. The number of benzene rings is 1. The zero-order valence-electron chi connectivity index (χ0n) is 9.96. The quantitative estimate of drug-likeness (QED) is 0.856. The first-order valence-electron chi connectivity index (χ1n) is 5.77. The Morgan fingerprint density at radius 2 is 2.06 bits per heavy atom. The summed E-state index contributed by atoms with van der Waals surface area (Å²) in [6.45, 7) is 2.23. The van der Waals surface area contributed by atoms with Crippen molar-refractivity contribution in [3.05, 3.63) is 24.0 Å². The molecular weight excluding hydrogens is 243 g/mol. The number of aromatic nitrogens is 2. The molecule has 2 aromatic rings. The van der Waals surface area contributed by atoms with Crippen LogP contribution in [0.2, 0.25) is 0 Å².